The first-order chi connectivity index (χ1) is 7.99. The van der Waals surface area contributed by atoms with E-state index in [1.807, 2.05) is 0 Å². The molecule has 1 aromatic rings. The topological polar surface area (TPSA) is 55.7 Å². The summed E-state index contributed by atoms with van der Waals surface area (Å²) in [6.07, 6.45) is 0. The Labute approximate surface area is 104 Å². The molecule has 0 unspecified atom stereocenters. The van der Waals surface area contributed by atoms with E-state index >= 15 is 0 Å². The van der Waals surface area contributed by atoms with Crippen molar-refractivity contribution in [3.05, 3.63) is 40.4 Å². The Balaban J connectivity index is 2.11. The predicted octanol–water partition coefficient (Wildman–Crippen LogP) is 2.41. The molecule has 4 nitrogen and oxygen atoms in total. The van der Waals surface area contributed by atoms with Crippen molar-refractivity contribution >= 4 is 26.5 Å². The molecule has 0 radical (unpaired) electrons. The summed E-state index contributed by atoms with van der Waals surface area (Å²) in [7, 11) is -3.40. The number of ether oxygens (including phenoxy) is 1. The van der Waals surface area contributed by atoms with Gasteiger partial charge in [-0.25, -0.2) is 13.4 Å². The van der Waals surface area contributed by atoms with Gasteiger partial charge in [0.05, 0.1) is 16.1 Å². The van der Waals surface area contributed by atoms with Gasteiger partial charge in [-0.15, -0.1) is 0 Å². The molecule has 0 atom stereocenters. The molecule has 0 aromatic heterocycles. The molecule has 0 amide bonds. The molecule has 17 heavy (non-hydrogen) atoms. The van der Waals surface area contributed by atoms with Gasteiger partial charge in [-0.2, -0.15) is 0 Å². The van der Waals surface area contributed by atoms with Gasteiger partial charge >= 0.3 is 0 Å². The summed E-state index contributed by atoms with van der Waals surface area (Å²) in [6, 6.07) is 6.87. The van der Waals surface area contributed by atoms with Crippen LogP contribution in [0.25, 0.3) is 0 Å². The first-order valence-electron chi connectivity index (χ1n) is 4.87. The van der Waals surface area contributed by atoms with Crippen molar-refractivity contribution in [3.8, 4) is 5.75 Å². The number of halogens is 1. The Bertz CT molecular complexity index is 605. The van der Waals surface area contributed by atoms with Gasteiger partial charge in [-0.3, -0.25) is 0 Å². The van der Waals surface area contributed by atoms with Gasteiger partial charge in [-0.05, 0) is 19.1 Å². The van der Waals surface area contributed by atoms with Crippen molar-refractivity contribution in [1.82, 2.24) is 0 Å². The van der Waals surface area contributed by atoms with Crippen LogP contribution in [0.5, 0.6) is 5.75 Å². The van der Waals surface area contributed by atoms with Crippen LogP contribution >= 0.6 is 11.6 Å². The van der Waals surface area contributed by atoms with E-state index in [-0.39, 0.29) is 11.7 Å². The molecular formula is C11H10ClNO3S. The van der Waals surface area contributed by atoms with Gasteiger partial charge in [0.2, 0.25) is 9.84 Å². The summed E-state index contributed by atoms with van der Waals surface area (Å²) < 4.78 is 28.4. The van der Waals surface area contributed by atoms with Crippen molar-refractivity contribution in [2.24, 2.45) is 4.99 Å². The number of allylic oxidation sites excluding steroid dienone is 1. The first kappa shape index (κ1) is 12.1. The molecule has 0 fully saturated rings. The lowest BCUT2D eigenvalue weighted by molar-refractivity contribution is 0.378. The summed E-state index contributed by atoms with van der Waals surface area (Å²) in [5.74, 6) is 0.441. The standard InChI is InChI=1S/C11H10ClNO3S/c1-8-7-17(14,15)11(13-8)6-16-10-5-3-2-4-9(10)12/h2-5,7H,6H2,1H3. The van der Waals surface area contributed by atoms with Crippen LogP contribution in [0.1, 0.15) is 6.92 Å². The zero-order valence-corrected chi connectivity index (χ0v) is 10.6. The average Bonchev–Trinajstić information content (AvgIpc) is 2.50. The third-order valence-corrected chi connectivity index (χ3v) is 3.97. The van der Waals surface area contributed by atoms with Gasteiger partial charge in [0.15, 0.2) is 5.04 Å². The summed E-state index contributed by atoms with van der Waals surface area (Å²) in [5, 5.41) is 1.57. The van der Waals surface area contributed by atoms with Crippen molar-refractivity contribution in [2.45, 2.75) is 6.92 Å². The lowest BCUT2D eigenvalue weighted by Crippen LogP contribution is -2.17. The lowest BCUT2D eigenvalue weighted by atomic mass is 10.3. The van der Waals surface area contributed by atoms with Crippen molar-refractivity contribution in [2.75, 3.05) is 6.61 Å². The molecule has 0 aliphatic carbocycles. The lowest BCUT2D eigenvalue weighted by Gasteiger charge is -2.06. The first-order valence-corrected chi connectivity index (χ1v) is 6.80. The Morgan fingerprint density at radius 3 is 2.65 bits per heavy atom. The second kappa shape index (κ2) is 4.50. The number of aliphatic imine (C=N–C) groups is 1. The van der Waals surface area contributed by atoms with Crippen LogP contribution < -0.4 is 4.74 Å². The molecule has 6 heteroatoms. The fourth-order valence-corrected chi connectivity index (χ4v) is 2.72. The second-order valence-electron chi connectivity index (χ2n) is 3.53. The molecular weight excluding hydrogens is 262 g/mol. The van der Waals surface area contributed by atoms with Gasteiger partial charge in [-0.1, -0.05) is 23.7 Å². The highest BCUT2D eigenvalue weighted by atomic mass is 35.5. The van der Waals surface area contributed by atoms with Crippen molar-refractivity contribution < 1.29 is 13.2 Å². The molecule has 0 spiro atoms. The number of sulfone groups is 1. The maximum Gasteiger partial charge on any atom is 0.218 e. The van der Waals surface area contributed by atoms with Gasteiger partial charge < -0.3 is 4.74 Å². The number of para-hydroxylation sites is 1. The summed E-state index contributed by atoms with van der Waals surface area (Å²) in [4.78, 5) is 3.91. The Hall–Kier alpha value is -1.33. The van der Waals surface area contributed by atoms with E-state index in [4.69, 9.17) is 16.3 Å². The second-order valence-corrected chi connectivity index (χ2v) is 5.73. The highest BCUT2D eigenvalue weighted by molar-refractivity contribution is 8.09. The largest absolute Gasteiger partial charge is 0.485 e. The van der Waals surface area contributed by atoms with E-state index in [2.05, 4.69) is 4.99 Å². The van der Waals surface area contributed by atoms with E-state index in [9.17, 15) is 8.42 Å². The number of hydrogen-bond acceptors (Lipinski definition) is 4. The third kappa shape index (κ3) is 2.68. The van der Waals surface area contributed by atoms with Crippen molar-refractivity contribution in [1.29, 1.82) is 0 Å². The van der Waals surface area contributed by atoms with Crippen LogP contribution in [-0.2, 0) is 9.84 Å². The van der Waals surface area contributed by atoms with E-state index < -0.39 is 9.84 Å². The SMILES string of the molecule is CC1=CS(=O)(=O)C(COc2ccccc2Cl)=N1. The normalized spacial score (nSPS) is 17.5. The molecule has 90 valence electrons. The zero-order chi connectivity index (χ0) is 12.5. The molecule has 0 saturated heterocycles. The molecule has 0 bridgehead atoms. The van der Waals surface area contributed by atoms with Crippen molar-refractivity contribution in [3.63, 3.8) is 0 Å². The quantitative estimate of drug-likeness (QED) is 0.848. The number of nitrogens with zero attached hydrogens (tertiary/aromatic N) is 1. The van der Waals surface area contributed by atoms with Crippen LogP contribution in [-0.4, -0.2) is 20.1 Å². The van der Waals surface area contributed by atoms with Crippen LogP contribution in [0.4, 0.5) is 0 Å². The molecule has 1 heterocycles. The molecule has 1 aliphatic heterocycles. The van der Waals surface area contributed by atoms with Gasteiger partial charge in [0.1, 0.15) is 12.4 Å². The van der Waals surface area contributed by atoms with Crippen LogP contribution in [0, 0.1) is 0 Å². The highest BCUT2D eigenvalue weighted by Gasteiger charge is 2.23. The molecule has 0 N–H and O–H groups in total. The van der Waals surface area contributed by atoms with Crippen LogP contribution in [0.15, 0.2) is 40.4 Å². The Morgan fingerprint density at radius 2 is 2.06 bits per heavy atom. The fraction of sp³-hybridized carbons (Fsp3) is 0.182. The van der Waals surface area contributed by atoms with Gasteiger partial charge in [0.25, 0.3) is 0 Å². The highest BCUT2D eigenvalue weighted by Crippen LogP contribution is 2.24. The minimum absolute atomic E-state index is 0.00918. The number of hydrogen-bond donors (Lipinski definition) is 0. The molecule has 0 saturated carbocycles. The van der Waals surface area contributed by atoms with Crippen LogP contribution in [0.2, 0.25) is 5.02 Å². The van der Waals surface area contributed by atoms with Crippen LogP contribution in [0.3, 0.4) is 0 Å². The maximum atomic E-state index is 11.6. The molecule has 2 rings (SSSR count). The third-order valence-electron chi connectivity index (χ3n) is 2.14. The monoisotopic (exact) mass is 271 g/mol. The fourth-order valence-electron chi connectivity index (χ4n) is 1.39. The van der Waals surface area contributed by atoms with E-state index in [0.29, 0.717) is 16.5 Å². The molecule has 1 aromatic carbocycles. The Kier molecular flexibility index (Phi) is 3.22. The van der Waals surface area contributed by atoms with E-state index in [1.54, 1.807) is 31.2 Å². The summed E-state index contributed by atoms with van der Waals surface area (Å²) in [5.41, 5.74) is 0.461. The predicted molar refractivity (Wildman–Crippen MR) is 67.1 cm³/mol. The van der Waals surface area contributed by atoms with E-state index in [1.165, 1.54) is 0 Å². The Morgan fingerprint density at radius 1 is 1.35 bits per heavy atom. The summed E-state index contributed by atoms with van der Waals surface area (Å²) >= 11 is 5.88. The minimum atomic E-state index is -3.40. The average molecular weight is 272 g/mol. The number of benzene rings is 1. The minimum Gasteiger partial charge on any atom is -0.485 e. The van der Waals surface area contributed by atoms with Gasteiger partial charge in [0, 0.05) is 0 Å². The van der Waals surface area contributed by atoms with E-state index in [0.717, 1.165) is 5.41 Å². The maximum absolute atomic E-state index is 11.6. The molecule has 1 aliphatic rings. The number of rotatable bonds is 3. The zero-order valence-electron chi connectivity index (χ0n) is 9.05. The summed E-state index contributed by atoms with van der Waals surface area (Å²) in [6.45, 7) is 1.51. The smallest absolute Gasteiger partial charge is 0.218 e.